The molecule has 130 valence electrons. The summed E-state index contributed by atoms with van der Waals surface area (Å²) >= 11 is 0. The molecule has 0 radical (unpaired) electrons. The third kappa shape index (κ3) is 3.60. The first-order chi connectivity index (χ1) is 12.2. The highest BCUT2D eigenvalue weighted by Crippen LogP contribution is 2.23. The van der Waals surface area contributed by atoms with Gasteiger partial charge in [0.2, 0.25) is 0 Å². The second-order valence-electron chi connectivity index (χ2n) is 6.91. The number of aryl methyl sites for hydroxylation is 1. The predicted molar refractivity (Wildman–Crippen MR) is 100 cm³/mol. The van der Waals surface area contributed by atoms with Crippen molar-refractivity contribution in [1.29, 1.82) is 0 Å². The van der Waals surface area contributed by atoms with Crippen LogP contribution in [0.5, 0.6) is 0 Å². The number of hydrogen-bond acceptors (Lipinski definition) is 4. The van der Waals surface area contributed by atoms with Gasteiger partial charge in [-0.05, 0) is 43.5 Å². The first-order valence-corrected chi connectivity index (χ1v) is 9.03. The van der Waals surface area contributed by atoms with Gasteiger partial charge in [0, 0.05) is 44.1 Å². The summed E-state index contributed by atoms with van der Waals surface area (Å²) < 4.78 is 0. The number of pyridine rings is 1. The summed E-state index contributed by atoms with van der Waals surface area (Å²) in [7, 11) is 0. The van der Waals surface area contributed by atoms with Crippen LogP contribution < -0.4 is 15.1 Å². The zero-order chi connectivity index (χ0) is 17.2. The summed E-state index contributed by atoms with van der Waals surface area (Å²) in [6, 6.07) is 12.8. The minimum atomic E-state index is -0.00841. The summed E-state index contributed by atoms with van der Waals surface area (Å²) in [6.07, 6.45) is 3.89. The maximum absolute atomic E-state index is 12.0. The summed E-state index contributed by atoms with van der Waals surface area (Å²) in [5.41, 5.74) is 3.29. The molecule has 4 rings (SSSR count). The van der Waals surface area contributed by atoms with Crippen molar-refractivity contribution >= 4 is 17.4 Å². The maximum atomic E-state index is 12.0. The van der Waals surface area contributed by atoms with Gasteiger partial charge >= 0.3 is 0 Å². The average Bonchev–Trinajstić information content (AvgIpc) is 3.46. The average molecular weight is 336 g/mol. The number of carbonyl (C=O) groups excluding carboxylic acids is 1. The highest BCUT2D eigenvalue weighted by atomic mass is 16.1. The fourth-order valence-electron chi connectivity index (χ4n) is 3.30. The van der Waals surface area contributed by atoms with Crippen LogP contribution in [0.2, 0.25) is 0 Å². The summed E-state index contributed by atoms with van der Waals surface area (Å²) in [5, 5.41) is 3.00. The van der Waals surface area contributed by atoms with Crippen LogP contribution in [0.25, 0.3) is 0 Å². The number of rotatable bonds is 4. The number of hydrogen-bond donors (Lipinski definition) is 1. The van der Waals surface area contributed by atoms with E-state index in [0.717, 1.165) is 44.8 Å². The molecule has 1 aromatic heterocycles. The first-order valence-electron chi connectivity index (χ1n) is 9.03. The number of anilines is 2. The van der Waals surface area contributed by atoms with Crippen molar-refractivity contribution < 1.29 is 4.79 Å². The monoisotopic (exact) mass is 336 g/mol. The van der Waals surface area contributed by atoms with E-state index in [4.69, 9.17) is 0 Å². The van der Waals surface area contributed by atoms with E-state index in [-0.39, 0.29) is 5.91 Å². The van der Waals surface area contributed by atoms with Gasteiger partial charge in [0.05, 0.1) is 5.56 Å². The zero-order valence-electron chi connectivity index (χ0n) is 14.6. The van der Waals surface area contributed by atoms with E-state index in [9.17, 15) is 4.79 Å². The molecule has 1 N–H and O–H groups in total. The number of para-hydroxylation sites is 1. The molecule has 1 saturated carbocycles. The van der Waals surface area contributed by atoms with Gasteiger partial charge in [-0.25, -0.2) is 4.98 Å². The molecule has 2 aliphatic rings. The smallest absolute Gasteiger partial charge is 0.253 e. The molecule has 2 fully saturated rings. The van der Waals surface area contributed by atoms with Crippen LogP contribution in [-0.2, 0) is 0 Å². The zero-order valence-corrected chi connectivity index (χ0v) is 14.6. The Kier molecular flexibility index (Phi) is 4.30. The lowest BCUT2D eigenvalue weighted by molar-refractivity contribution is 0.0950. The molecule has 0 bridgehead atoms. The standard InChI is InChI=1S/C20H24N4O/c1-15-4-2-3-5-18(15)23-10-12-24(13-11-23)19-9-6-16(14-21-19)20(25)22-17-7-8-17/h2-6,9,14,17H,7-8,10-13H2,1H3,(H,22,25). The number of aromatic nitrogens is 1. The molecule has 1 aliphatic carbocycles. The quantitative estimate of drug-likeness (QED) is 0.932. The SMILES string of the molecule is Cc1ccccc1N1CCN(c2ccc(C(=O)NC3CC3)cn2)CC1. The van der Waals surface area contributed by atoms with Gasteiger partial charge in [0.15, 0.2) is 0 Å². The Labute approximate surface area is 148 Å². The lowest BCUT2D eigenvalue weighted by Gasteiger charge is -2.37. The molecule has 2 heterocycles. The van der Waals surface area contributed by atoms with E-state index in [1.807, 2.05) is 12.1 Å². The summed E-state index contributed by atoms with van der Waals surface area (Å²) in [4.78, 5) is 21.3. The minimum Gasteiger partial charge on any atom is -0.368 e. The molecule has 2 aromatic rings. The van der Waals surface area contributed by atoms with Crippen molar-refractivity contribution in [3.05, 3.63) is 53.7 Å². The Hall–Kier alpha value is -2.56. The van der Waals surface area contributed by atoms with E-state index < -0.39 is 0 Å². The van der Waals surface area contributed by atoms with E-state index in [2.05, 4.69) is 51.3 Å². The molecule has 0 spiro atoms. The molecule has 0 atom stereocenters. The molecule has 1 aromatic carbocycles. The summed E-state index contributed by atoms with van der Waals surface area (Å²) in [6.45, 7) is 6.01. The molecule has 0 unspecified atom stereocenters. The van der Waals surface area contributed by atoms with Gasteiger partial charge in [0.1, 0.15) is 5.82 Å². The van der Waals surface area contributed by atoms with Gasteiger partial charge < -0.3 is 15.1 Å². The largest absolute Gasteiger partial charge is 0.368 e. The van der Waals surface area contributed by atoms with Gasteiger partial charge in [-0.2, -0.15) is 0 Å². The highest BCUT2D eigenvalue weighted by Gasteiger charge is 2.24. The van der Waals surface area contributed by atoms with Gasteiger partial charge in [0.25, 0.3) is 5.91 Å². The third-order valence-corrected chi connectivity index (χ3v) is 4.98. The number of piperazine rings is 1. The molecular weight excluding hydrogens is 312 g/mol. The Morgan fingerprint density at radius 2 is 1.76 bits per heavy atom. The Balaban J connectivity index is 1.37. The van der Waals surface area contributed by atoms with Crippen LogP contribution in [0.4, 0.5) is 11.5 Å². The molecule has 25 heavy (non-hydrogen) atoms. The molecular formula is C20H24N4O. The Morgan fingerprint density at radius 3 is 2.40 bits per heavy atom. The molecule has 1 saturated heterocycles. The fourth-order valence-corrected chi connectivity index (χ4v) is 3.30. The second kappa shape index (κ2) is 6.75. The predicted octanol–water partition coefficient (Wildman–Crippen LogP) is 2.61. The van der Waals surface area contributed by atoms with Gasteiger partial charge in [-0.3, -0.25) is 4.79 Å². The third-order valence-electron chi connectivity index (χ3n) is 4.98. The van der Waals surface area contributed by atoms with E-state index in [1.54, 1.807) is 6.20 Å². The molecule has 5 heteroatoms. The van der Waals surface area contributed by atoms with Crippen LogP contribution >= 0.6 is 0 Å². The van der Waals surface area contributed by atoms with Crippen molar-refractivity contribution in [3.63, 3.8) is 0 Å². The van der Waals surface area contributed by atoms with Gasteiger partial charge in [-0.1, -0.05) is 18.2 Å². The number of nitrogens with zero attached hydrogens (tertiary/aromatic N) is 3. The molecule has 5 nitrogen and oxygen atoms in total. The topological polar surface area (TPSA) is 48.5 Å². The van der Waals surface area contributed by atoms with Crippen LogP contribution in [-0.4, -0.2) is 43.1 Å². The molecule has 1 amide bonds. The lowest BCUT2D eigenvalue weighted by atomic mass is 10.1. The van der Waals surface area contributed by atoms with Crippen molar-refractivity contribution in [2.45, 2.75) is 25.8 Å². The number of carbonyl (C=O) groups is 1. The van der Waals surface area contributed by atoms with Gasteiger partial charge in [-0.15, -0.1) is 0 Å². The first kappa shape index (κ1) is 15.9. The minimum absolute atomic E-state index is 0.00841. The fraction of sp³-hybridized carbons (Fsp3) is 0.400. The van der Waals surface area contributed by atoms with Crippen molar-refractivity contribution in [1.82, 2.24) is 10.3 Å². The number of nitrogens with one attached hydrogen (secondary N) is 1. The lowest BCUT2D eigenvalue weighted by Crippen LogP contribution is -2.47. The van der Waals surface area contributed by atoms with Crippen molar-refractivity contribution in [3.8, 4) is 0 Å². The second-order valence-corrected chi connectivity index (χ2v) is 6.91. The van der Waals surface area contributed by atoms with E-state index >= 15 is 0 Å². The van der Waals surface area contributed by atoms with Crippen molar-refractivity contribution in [2.75, 3.05) is 36.0 Å². The Morgan fingerprint density at radius 1 is 1.04 bits per heavy atom. The van der Waals surface area contributed by atoms with Crippen molar-refractivity contribution in [2.24, 2.45) is 0 Å². The Bertz CT molecular complexity index is 747. The van der Waals surface area contributed by atoms with E-state index in [1.165, 1.54) is 11.3 Å². The maximum Gasteiger partial charge on any atom is 0.253 e. The van der Waals surface area contributed by atoms with Crippen LogP contribution in [0, 0.1) is 6.92 Å². The number of benzene rings is 1. The van der Waals surface area contributed by atoms with Crippen LogP contribution in [0.15, 0.2) is 42.6 Å². The van der Waals surface area contributed by atoms with Crippen LogP contribution in [0.1, 0.15) is 28.8 Å². The highest BCUT2D eigenvalue weighted by molar-refractivity contribution is 5.94. The van der Waals surface area contributed by atoms with E-state index in [0.29, 0.717) is 11.6 Å². The van der Waals surface area contributed by atoms with Crippen LogP contribution in [0.3, 0.4) is 0 Å². The molecule has 1 aliphatic heterocycles. The number of amides is 1. The summed E-state index contributed by atoms with van der Waals surface area (Å²) in [5.74, 6) is 0.943. The normalized spacial score (nSPS) is 17.5.